The Bertz CT molecular complexity index is 1140. The van der Waals surface area contributed by atoms with Crippen molar-refractivity contribution in [3.8, 4) is 11.6 Å². The molecule has 3 N–H and O–H groups in total. The zero-order valence-corrected chi connectivity index (χ0v) is 18.8. The third-order valence-corrected chi connectivity index (χ3v) is 6.44. The van der Waals surface area contributed by atoms with Gasteiger partial charge in [-0.15, -0.1) is 0 Å². The van der Waals surface area contributed by atoms with E-state index in [-0.39, 0.29) is 11.8 Å². The number of hydrogen-bond donors (Lipinski definition) is 3. The van der Waals surface area contributed by atoms with Gasteiger partial charge in [0.25, 0.3) is 0 Å². The minimum atomic E-state index is 0.00182. The molecule has 8 nitrogen and oxygen atoms in total. The van der Waals surface area contributed by atoms with Crippen molar-refractivity contribution in [2.45, 2.75) is 38.3 Å². The molecule has 1 aromatic carbocycles. The van der Waals surface area contributed by atoms with Gasteiger partial charge in [0.2, 0.25) is 11.8 Å². The number of methoxy groups -OCH3 is 1. The zero-order chi connectivity index (χ0) is 22.6. The highest BCUT2D eigenvalue weighted by molar-refractivity contribution is 6.00. The smallest absolute Gasteiger partial charge is 0.227 e. The lowest BCUT2D eigenvalue weighted by Crippen LogP contribution is -2.36. The highest BCUT2D eigenvalue weighted by Gasteiger charge is 2.26. The number of fused-ring (bicyclic) bond motifs is 2. The molecule has 1 aliphatic heterocycles. The fourth-order valence-electron chi connectivity index (χ4n) is 4.58. The fraction of sp³-hybridized carbons (Fsp3) is 0.400. The highest BCUT2D eigenvalue weighted by atomic mass is 16.5. The van der Waals surface area contributed by atoms with E-state index in [0.717, 1.165) is 55.7 Å². The molecule has 2 aromatic heterocycles. The molecule has 1 aliphatic carbocycles. The quantitative estimate of drug-likeness (QED) is 0.530. The number of pyridine rings is 2. The summed E-state index contributed by atoms with van der Waals surface area (Å²) in [6, 6.07) is 12.1. The highest BCUT2D eigenvalue weighted by Crippen LogP contribution is 2.30. The van der Waals surface area contributed by atoms with Crippen molar-refractivity contribution in [3.63, 3.8) is 0 Å². The maximum absolute atomic E-state index is 13.0. The molecule has 3 heterocycles. The molecule has 33 heavy (non-hydrogen) atoms. The average Bonchev–Trinajstić information content (AvgIpc) is 2.87. The number of aromatic nitrogens is 2. The summed E-state index contributed by atoms with van der Waals surface area (Å²) in [4.78, 5) is 21.7. The van der Waals surface area contributed by atoms with Gasteiger partial charge in [-0.1, -0.05) is 6.07 Å². The van der Waals surface area contributed by atoms with Gasteiger partial charge in [-0.05, 0) is 55.5 Å². The molecular weight excluding hydrogens is 418 g/mol. The molecule has 172 valence electrons. The van der Waals surface area contributed by atoms with Gasteiger partial charge in [0, 0.05) is 37.3 Å². The van der Waals surface area contributed by atoms with Crippen LogP contribution in [0.4, 0.5) is 11.4 Å². The van der Waals surface area contributed by atoms with Crippen LogP contribution >= 0.6 is 0 Å². The zero-order valence-electron chi connectivity index (χ0n) is 18.8. The van der Waals surface area contributed by atoms with Crippen LogP contribution in [0.2, 0.25) is 0 Å². The van der Waals surface area contributed by atoms with Crippen LogP contribution in [0, 0.1) is 5.92 Å². The maximum atomic E-state index is 13.0. The van der Waals surface area contributed by atoms with Crippen LogP contribution in [0.15, 0.2) is 42.6 Å². The van der Waals surface area contributed by atoms with E-state index in [0.29, 0.717) is 29.7 Å². The largest absolute Gasteiger partial charge is 0.490 e. The number of hydrogen-bond acceptors (Lipinski definition) is 7. The Balaban J connectivity index is 1.14. The van der Waals surface area contributed by atoms with E-state index in [9.17, 15) is 4.79 Å². The predicted molar refractivity (Wildman–Crippen MR) is 128 cm³/mol. The Kier molecular flexibility index (Phi) is 6.26. The number of carbonyl (C=O) groups excluding carboxylic acids is 1. The summed E-state index contributed by atoms with van der Waals surface area (Å²) in [6.07, 6.45) is 5.38. The van der Waals surface area contributed by atoms with Crippen LogP contribution in [0.1, 0.15) is 31.2 Å². The molecule has 0 atom stereocenters. The molecule has 5 rings (SSSR count). The number of rotatable bonds is 6. The number of anilines is 2. The van der Waals surface area contributed by atoms with Gasteiger partial charge in [-0.25, -0.2) is 4.98 Å². The minimum absolute atomic E-state index is 0.00182. The predicted octanol–water partition coefficient (Wildman–Crippen LogP) is 3.73. The second-order valence-corrected chi connectivity index (χ2v) is 8.60. The first-order valence-electron chi connectivity index (χ1n) is 11.5. The third-order valence-electron chi connectivity index (χ3n) is 6.44. The average molecular weight is 448 g/mol. The molecular formula is C25H29N5O3. The van der Waals surface area contributed by atoms with E-state index in [1.165, 1.54) is 5.56 Å². The number of nitrogens with zero attached hydrogens (tertiary/aromatic N) is 2. The van der Waals surface area contributed by atoms with Crippen molar-refractivity contribution in [2.75, 3.05) is 30.9 Å². The number of carbonyl (C=O) groups is 1. The molecule has 8 heteroatoms. The van der Waals surface area contributed by atoms with Crippen molar-refractivity contribution in [2.24, 2.45) is 5.92 Å². The van der Waals surface area contributed by atoms with Crippen molar-refractivity contribution in [1.29, 1.82) is 0 Å². The third kappa shape index (κ3) is 4.85. The molecule has 0 bridgehead atoms. The molecule has 0 saturated heterocycles. The second-order valence-electron chi connectivity index (χ2n) is 8.60. The van der Waals surface area contributed by atoms with Gasteiger partial charge >= 0.3 is 0 Å². The Morgan fingerprint density at radius 3 is 2.91 bits per heavy atom. The summed E-state index contributed by atoms with van der Waals surface area (Å²) < 4.78 is 10.9. The molecule has 0 radical (unpaired) electrons. The number of benzene rings is 1. The van der Waals surface area contributed by atoms with Crippen LogP contribution < -0.4 is 25.4 Å². The minimum Gasteiger partial charge on any atom is -0.490 e. The van der Waals surface area contributed by atoms with E-state index in [1.807, 2.05) is 12.1 Å². The monoisotopic (exact) mass is 447 g/mol. The van der Waals surface area contributed by atoms with Crippen LogP contribution in [0.25, 0.3) is 11.0 Å². The summed E-state index contributed by atoms with van der Waals surface area (Å²) in [5.74, 6) is 1.47. The van der Waals surface area contributed by atoms with Crippen LogP contribution in [0.5, 0.6) is 11.6 Å². The molecule has 0 unspecified atom stereocenters. The molecule has 1 amide bonds. The maximum Gasteiger partial charge on any atom is 0.227 e. The normalized spacial score (nSPS) is 19.8. The van der Waals surface area contributed by atoms with Gasteiger partial charge < -0.3 is 25.4 Å². The Labute approximate surface area is 193 Å². The van der Waals surface area contributed by atoms with Gasteiger partial charge in [-0.3, -0.25) is 9.78 Å². The number of ether oxygens (including phenoxy) is 2. The van der Waals surface area contributed by atoms with Crippen molar-refractivity contribution >= 4 is 28.3 Å². The van der Waals surface area contributed by atoms with Crippen LogP contribution in [0.3, 0.4) is 0 Å². The summed E-state index contributed by atoms with van der Waals surface area (Å²) >= 11 is 0. The summed E-state index contributed by atoms with van der Waals surface area (Å²) in [5, 5.41) is 10.1. The van der Waals surface area contributed by atoms with Gasteiger partial charge in [0.15, 0.2) is 0 Å². The number of nitrogens with one attached hydrogen (secondary N) is 3. The molecule has 1 fully saturated rings. The lowest BCUT2D eigenvalue weighted by atomic mass is 9.85. The van der Waals surface area contributed by atoms with E-state index >= 15 is 0 Å². The fourth-order valence-corrected chi connectivity index (χ4v) is 4.58. The van der Waals surface area contributed by atoms with E-state index in [2.05, 4.69) is 38.1 Å². The first kappa shape index (κ1) is 21.5. The second kappa shape index (κ2) is 9.62. The molecule has 1 saturated carbocycles. The van der Waals surface area contributed by atoms with Crippen molar-refractivity contribution < 1.29 is 14.3 Å². The Morgan fingerprint density at radius 2 is 2.06 bits per heavy atom. The van der Waals surface area contributed by atoms with E-state index in [1.54, 1.807) is 25.4 Å². The summed E-state index contributed by atoms with van der Waals surface area (Å²) in [5.41, 5.74) is 4.35. The standard InChI is InChI=1S/C25H29N5O3/c1-32-23-9-7-19-24(30-23)20(10-11-26-19)29-25(31)17-3-5-18(6-4-17)28-15-16-2-8-22-21(14-16)27-12-13-33-22/h2,7-11,14,17-18,27-28H,3-6,12-13,15H2,1H3,(H,26,29,31). The molecule has 3 aromatic rings. The van der Waals surface area contributed by atoms with E-state index < -0.39 is 0 Å². The van der Waals surface area contributed by atoms with Gasteiger partial charge in [0.1, 0.15) is 17.9 Å². The summed E-state index contributed by atoms with van der Waals surface area (Å²) in [7, 11) is 1.58. The Morgan fingerprint density at radius 1 is 1.18 bits per heavy atom. The topological polar surface area (TPSA) is 97.4 Å². The first-order valence-corrected chi connectivity index (χ1v) is 11.5. The number of amides is 1. The van der Waals surface area contributed by atoms with Gasteiger partial charge in [-0.2, -0.15) is 0 Å². The Hall–Kier alpha value is -3.39. The van der Waals surface area contributed by atoms with Crippen LogP contribution in [-0.4, -0.2) is 42.2 Å². The van der Waals surface area contributed by atoms with Crippen molar-refractivity contribution in [3.05, 3.63) is 48.2 Å². The van der Waals surface area contributed by atoms with Gasteiger partial charge in [0.05, 0.1) is 24.0 Å². The molecule has 0 spiro atoms. The van der Waals surface area contributed by atoms with Crippen molar-refractivity contribution in [1.82, 2.24) is 15.3 Å². The van der Waals surface area contributed by atoms with Crippen LogP contribution in [-0.2, 0) is 11.3 Å². The SMILES string of the molecule is COc1ccc2nccc(NC(=O)C3CCC(NCc4ccc5c(c4)NCCO5)CC3)c2n1. The molecule has 2 aliphatic rings. The lowest BCUT2D eigenvalue weighted by molar-refractivity contribution is -0.120. The first-order chi connectivity index (χ1) is 16.2. The summed E-state index contributed by atoms with van der Waals surface area (Å²) in [6.45, 7) is 2.37. The van der Waals surface area contributed by atoms with E-state index in [4.69, 9.17) is 9.47 Å². The lowest BCUT2D eigenvalue weighted by Gasteiger charge is -2.29.